The molecule has 0 aromatic rings. The Morgan fingerprint density at radius 2 is 1.53 bits per heavy atom. The Labute approximate surface area is 420 Å². The molecule has 3 aliphatic rings. The Morgan fingerprint density at radius 3 is 2.09 bits per heavy atom. The third kappa shape index (κ3) is 15.7. The molecular formula is C49H95N5O15S. The largest absolute Gasteiger partial charge is 0.459 e. The highest BCUT2D eigenvalue weighted by molar-refractivity contribution is 7.88. The highest BCUT2D eigenvalue weighted by Gasteiger charge is 2.59. The number of sulfonamides is 1. The number of ether oxygens (including phenoxy) is 6. The number of carbonyl (C=O) groups excluding carboxylic acids is 1. The van der Waals surface area contributed by atoms with Gasteiger partial charge in [0.15, 0.2) is 12.6 Å². The van der Waals surface area contributed by atoms with E-state index < -0.39 is 111 Å². The number of rotatable bonds is 20. The third-order valence-electron chi connectivity index (χ3n) is 15.5. The van der Waals surface area contributed by atoms with Crippen molar-refractivity contribution in [3.8, 4) is 0 Å². The molecule has 412 valence electrons. The average molecular weight is 1030 g/mol. The molecule has 0 aromatic heterocycles. The number of nitrogens with one attached hydrogen (secondary N) is 1. The van der Waals surface area contributed by atoms with Gasteiger partial charge in [0.05, 0.1) is 54.0 Å². The summed E-state index contributed by atoms with van der Waals surface area (Å²) in [6.45, 7) is 24.8. The molecule has 6 N–H and O–H groups in total. The predicted octanol–water partition coefficient (Wildman–Crippen LogP) is 2.17. The molecule has 3 fully saturated rings. The van der Waals surface area contributed by atoms with E-state index in [0.717, 1.165) is 25.9 Å². The van der Waals surface area contributed by atoms with Gasteiger partial charge in [0.1, 0.15) is 35.6 Å². The Kier molecular flexibility index (Phi) is 23.4. The second kappa shape index (κ2) is 26.2. The smallest absolute Gasteiger partial charge is 0.311 e. The van der Waals surface area contributed by atoms with Gasteiger partial charge in [-0.3, -0.25) is 4.79 Å². The van der Waals surface area contributed by atoms with Crippen molar-refractivity contribution in [2.75, 3.05) is 80.4 Å². The highest BCUT2D eigenvalue weighted by Crippen LogP contribution is 2.44. The van der Waals surface area contributed by atoms with Crippen LogP contribution in [0.4, 0.5) is 0 Å². The van der Waals surface area contributed by atoms with Crippen LogP contribution < -0.4 is 4.72 Å². The van der Waals surface area contributed by atoms with Crippen LogP contribution in [0.5, 0.6) is 0 Å². The molecule has 0 spiro atoms. The van der Waals surface area contributed by atoms with Crippen molar-refractivity contribution < 1.29 is 72.0 Å². The number of nitrogens with zero attached hydrogens (tertiary/aromatic N) is 4. The number of esters is 1. The summed E-state index contributed by atoms with van der Waals surface area (Å²) in [4.78, 5) is 26.7. The van der Waals surface area contributed by atoms with Crippen LogP contribution in [0.1, 0.15) is 115 Å². The zero-order chi connectivity index (χ0) is 53.3. The number of carbonyl (C=O) groups is 1. The normalized spacial score (nSPS) is 41.5. The van der Waals surface area contributed by atoms with Crippen molar-refractivity contribution in [2.24, 2.45) is 28.8 Å². The lowest BCUT2D eigenvalue weighted by Gasteiger charge is -2.54. The lowest BCUT2D eigenvalue weighted by atomic mass is 9.73. The number of aliphatic hydroxyl groups is 5. The van der Waals surface area contributed by atoms with Gasteiger partial charge in [-0.25, -0.2) is 13.1 Å². The monoisotopic (exact) mass is 1030 g/mol. The van der Waals surface area contributed by atoms with Crippen LogP contribution in [0.15, 0.2) is 5.16 Å². The summed E-state index contributed by atoms with van der Waals surface area (Å²) in [6, 6.07) is -0.365. The van der Waals surface area contributed by atoms with E-state index >= 15 is 0 Å². The molecule has 0 aliphatic carbocycles. The van der Waals surface area contributed by atoms with Gasteiger partial charge in [0.2, 0.25) is 10.0 Å². The van der Waals surface area contributed by atoms with E-state index in [1.807, 2.05) is 39.9 Å². The van der Waals surface area contributed by atoms with Gasteiger partial charge in [-0.1, -0.05) is 46.7 Å². The molecule has 3 heterocycles. The van der Waals surface area contributed by atoms with E-state index in [1.165, 1.54) is 14.0 Å². The number of oxime groups is 1. The van der Waals surface area contributed by atoms with Crippen LogP contribution in [0, 0.1) is 23.7 Å². The molecular weight excluding hydrogens is 931 g/mol. The number of hydrogen-bond donors (Lipinski definition) is 6. The fourth-order valence-corrected chi connectivity index (χ4v) is 11.3. The summed E-state index contributed by atoms with van der Waals surface area (Å²) in [5.74, 6) is -4.40. The second-order valence-electron chi connectivity index (χ2n) is 21.5. The predicted molar refractivity (Wildman–Crippen MR) is 266 cm³/mol. The van der Waals surface area contributed by atoms with Crippen LogP contribution in [0.3, 0.4) is 0 Å². The van der Waals surface area contributed by atoms with E-state index in [-0.39, 0.29) is 63.2 Å². The number of hydrogen-bond acceptors (Lipinski definition) is 19. The number of methoxy groups -OCH3 is 1. The van der Waals surface area contributed by atoms with E-state index in [0.29, 0.717) is 13.0 Å². The van der Waals surface area contributed by atoms with Gasteiger partial charge in [0, 0.05) is 63.5 Å². The van der Waals surface area contributed by atoms with Gasteiger partial charge in [0.25, 0.3) is 0 Å². The Hall–Kier alpha value is -1.67. The molecule has 21 heteroatoms. The standard InChI is InChI=1S/C49H95N5O15S/c1-18-37-48(12,59)42(56)32(6)39(51-64-25-21-22-50-70(17,61)62)30(4)27-46(10,58)43(69-45-40(55)36(52(13)14)26-31(5)65-45)33(7)41(34(8)44(57)67-37)68-38-28-47(11,63-16)49(60,35(9)66-38)29-53(15)23-24-54(19-2)20-3/h30-38,40-43,45,50,55-56,58-60H,18-29H2,1-17H3/b51-39+/t30-,31-,32+,33+,34-,35+,36+,37-,38+,40-,41+,42-,43-,45+,46+,47-,48-,49-/m1/s1. The highest BCUT2D eigenvalue weighted by atomic mass is 32.2. The first-order chi connectivity index (χ1) is 32.3. The van der Waals surface area contributed by atoms with Gasteiger partial charge >= 0.3 is 5.97 Å². The number of cyclic esters (lactones) is 1. The molecule has 0 unspecified atom stereocenters. The molecule has 0 aromatic carbocycles. The number of aliphatic hydroxyl groups excluding tert-OH is 2. The average Bonchev–Trinajstić information content (AvgIpc) is 3.27. The SMILES string of the molecule is CC[C@H]1OC(=O)[C@H](C)[C@@H](O[C@H]2C[C@@](C)(OC)[C@@](O)(CN(C)CCN(CC)CC)[C@H](C)O2)[C@H](C)[C@@H](O[C@@H]2O[C@H](C)C[C@H](N(C)C)[C@H]2O)[C@@](C)(O)C[C@@H](C)/C(=N\OCCCNS(C)(=O)=O)[C@H](C)[C@@H](O)[C@]1(C)O. The molecule has 18 atom stereocenters. The zero-order valence-corrected chi connectivity index (χ0v) is 46.4. The topological polar surface area (TPSA) is 251 Å². The van der Waals surface area contributed by atoms with Crippen LogP contribution >= 0.6 is 0 Å². The van der Waals surface area contributed by atoms with E-state index in [1.54, 1.807) is 48.5 Å². The minimum absolute atomic E-state index is 0.0000798. The molecule has 0 saturated carbocycles. The Morgan fingerprint density at radius 1 is 0.900 bits per heavy atom. The molecule has 20 nitrogen and oxygen atoms in total. The molecule has 3 aliphatic heterocycles. The zero-order valence-electron chi connectivity index (χ0n) is 45.6. The van der Waals surface area contributed by atoms with Crippen LogP contribution in [-0.4, -0.2) is 224 Å². The van der Waals surface area contributed by atoms with Crippen LogP contribution in [-0.2, 0) is 48.1 Å². The molecule has 70 heavy (non-hydrogen) atoms. The van der Waals surface area contributed by atoms with E-state index in [4.69, 9.17) is 33.3 Å². The lowest BCUT2D eigenvalue weighted by molar-refractivity contribution is -0.339. The second-order valence-corrected chi connectivity index (χ2v) is 23.4. The molecule has 3 rings (SSSR count). The van der Waals surface area contributed by atoms with Crippen LogP contribution in [0.2, 0.25) is 0 Å². The van der Waals surface area contributed by atoms with Crippen LogP contribution in [0.25, 0.3) is 0 Å². The molecule has 0 amide bonds. The molecule has 0 bridgehead atoms. The van der Waals surface area contributed by atoms with Crippen molar-refractivity contribution in [1.82, 2.24) is 19.4 Å². The maximum absolute atomic E-state index is 14.7. The molecule has 0 radical (unpaired) electrons. The first-order valence-corrected chi connectivity index (χ1v) is 27.4. The first-order valence-electron chi connectivity index (χ1n) is 25.5. The van der Waals surface area contributed by atoms with Crippen molar-refractivity contribution in [2.45, 2.75) is 199 Å². The van der Waals surface area contributed by atoms with Crippen molar-refractivity contribution in [3.63, 3.8) is 0 Å². The lowest BCUT2D eigenvalue weighted by Crippen LogP contribution is -2.70. The van der Waals surface area contributed by atoms with E-state index in [2.05, 4.69) is 33.5 Å². The maximum atomic E-state index is 14.7. The fourth-order valence-electron chi connectivity index (χ4n) is 10.8. The Balaban J connectivity index is 2.20. The van der Waals surface area contributed by atoms with Gasteiger partial charge in [-0.15, -0.1) is 0 Å². The van der Waals surface area contributed by atoms with Gasteiger partial charge in [-0.05, 0) is 101 Å². The van der Waals surface area contributed by atoms with Crippen molar-refractivity contribution in [1.29, 1.82) is 0 Å². The fraction of sp³-hybridized carbons (Fsp3) is 0.959. The summed E-state index contributed by atoms with van der Waals surface area (Å²) in [5, 5.41) is 66.0. The summed E-state index contributed by atoms with van der Waals surface area (Å²) in [6.07, 6.45) is -7.94. The minimum Gasteiger partial charge on any atom is -0.459 e. The quantitative estimate of drug-likeness (QED) is 0.0581. The first kappa shape index (κ1) is 62.6. The summed E-state index contributed by atoms with van der Waals surface area (Å²) < 4.78 is 64.7. The number of likely N-dealkylation sites (N-methyl/N-ethyl adjacent to an activating group) is 3. The maximum Gasteiger partial charge on any atom is 0.311 e. The van der Waals surface area contributed by atoms with Gasteiger partial charge in [-0.2, -0.15) is 0 Å². The van der Waals surface area contributed by atoms with Crippen molar-refractivity contribution >= 4 is 21.7 Å². The summed E-state index contributed by atoms with van der Waals surface area (Å²) in [5.41, 5.74) is -6.32. The van der Waals surface area contributed by atoms with Gasteiger partial charge < -0.3 is 73.5 Å². The van der Waals surface area contributed by atoms with E-state index in [9.17, 15) is 38.7 Å². The Bertz CT molecular complexity index is 1760. The summed E-state index contributed by atoms with van der Waals surface area (Å²) in [7, 11) is 3.75. The molecule has 3 saturated heterocycles. The summed E-state index contributed by atoms with van der Waals surface area (Å²) >= 11 is 0. The minimum atomic E-state index is -3.44. The van der Waals surface area contributed by atoms with Crippen molar-refractivity contribution in [3.05, 3.63) is 0 Å². The third-order valence-corrected chi connectivity index (χ3v) is 16.2.